The van der Waals surface area contributed by atoms with Crippen LogP contribution >= 0.6 is 0 Å². The van der Waals surface area contributed by atoms with Gasteiger partial charge in [-0.15, -0.1) is 0 Å². The van der Waals surface area contributed by atoms with E-state index >= 15 is 0 Å². The number of piperidine rings is 1. The van der Waals surface area contributed by atoms with Crippen molar-refractivity contribution >= 4 is 17.6 Å². The van der Waals surface area contributed by atoms with Crippen molar-refractivity contribution in [3.63, 3.8) is 0 Å². The molecule has 1 saturated heterocycles. The Morgan fingerprint density at radius 1 is 0.939 bits per heavy atom. The van der Waals surface area contributed by atoms with Crippen LogP contribution in [-0.2, 0) is 11.3 Å². The van der Waals surface area contributed by atoms with E-state index in [-0.39, 0.29) is 23.4 Å². The summed E-state index contributed by atoms with van der Waals surface area (Å²) in [5.74, 6) is -0.810. The fourth-order valence-corrected chi connectivity index (χ4v) is 4.41. The second-order valence-electron chi connectivity index (χ2n) is 8.54. The SMILES string of the molecule is CN(Cc1ccccc1)C(=O)C1CC(c2ccccc2)CN(C(=O)Nc2ccccc2F)C1. The fraction of sp³-hybridized carbons (Fsp3) is 0.259. The van der Waals surface area contributed by atoms with Gasteiger partial charge in [0.15, 0.2) is 0 Å². The van der Waals surface area contributed by atoms with Gasteiger partial charge in [0.1, 0.15) is 5.82 Å². The van der Waals surface area contributed by atoms with Gasteiger partial charge < -0.3 is 15.1 Å². The third-order valence-corrected chi connectivity index (χ3v) is 6.11. The molecule has 1 N–H and O–H groups in total. The number of benzene rings is 3. The van der Waals surface area contributed by atoms with Gasteiger partial charge >= 0.3 is 6.03 Å². The number of hydrogen-bond donors (Lipinski definition) is 1. The predicted octanol–water partition coefficient (Wildman–Crippen LogP) is 5.12. The maximum Gasteiger partial charge on any atom is 0.321 e. The van der Waals surface area contributed by atoms with E-state index in [2.05, 4.69) is 5.32 Å². The third kappa shape index (κ3) is 5.58. The van der Waals surface area contributed by atoms with Crippen molar-refractivity contribution in [2.45, 2.75) is 18.9 Å². The fourth-order valence-electron chi connectivity index (χ4n) is 4.41. The van der Waals surface area contributed by atoms with E-state index < -0.39 is 11.8 Å². The Labute approximate surface area is 193 Å². The molecule has 2 unspecified atom stereocenters. The summed E-state index contributed by atoms with van der Waals surface area (Å²) in [4.78, 5) is 29.8. The number of likely N-dealkylation sites (tertiary alicyclic amines) is 1. The molecular formula is C27H28FN3O2. The van der Waals surface area contributed by atoms with E-state index in [0.717, 1.165) is 11.1 Å². The normalized spacial score (nSPS) is 17.9. The van der Waals surface area contributed by atoms with E-state index in [1.165, 1.54) is 12.1 Å². The van der Waals surface area contributed by atoms with Crippen LogP contribution in [0.4, 0.5) is 14.9 Å². The van der Waals surface area contributed by atoms with Crippen molar-refractivity contribution in [1.82, 2.24) is 9.80 Å². The molecule has 33 heavy (non-hydrogen) atoms. The van der Waals surface area contributed by atoms with Crippen molar-refractivity contribution in [1.29, 1.82) is 0 Å². The monoisotopic (exact) mass is 445 g/mol. The first-order valence-corrected chi connectivity index (χ1v) is 11.2. The number of halogens is 1. The lowest BCUT2D eigenvalue weighted by Crippen LogP contribution is -2.49. The summed E-state index contributed by atoms with van der Waals surface area (Å²) in [6, 6.07) is 25.5. The van der Waals surface area contributed by atoms with Crippen LogP contribution in [0.5, 0.6) is 0 Å². The third-order valence-electron chi connectivity index (χ3n) is 6.11. The van der Waals surface area contributed by atoms with Crippen molar-refractivity contribution in [2.75, 3.05) is 25.5 Å². The Morgan fingerprint density at radius 3 is 2.27 bits per heavy atom. The molecular weight excluding hydrogens is 417 g/mol. The zero-order valence-corrected chi connectivity index (χ0v) is 18.7. The van der Waals surface area contributed by atoms with Crippen molar-refractivity contribution in [2.24, 2.45) is 5.92 Å². The van der Waals surface area contributed by atoms with Crippen LogP contribution in [0.2, 0.25) is 0 Å². The Bertz CT molecular complexity index is 1090. The Morgan fingerprint density at radius 2 is 1.58 bits per heavy atom. The van der Waals surface area contributed by atoms with Crippen LogP contribution in [0, 0.1) is 11.7 Å². The van der Waals surface area contributed by atoms with Gasteiger partial charge in [-0.25, -0.2) is 9.18 Å². The number of rotatable bonds is 5. The number of para-hydroxylation sites is 1. The molecule has 3 aromatic carbocycles. The van der Waals surface area contributed by atoms with Crippen LogP contribution in [0.15, 0.2) is 84.9 Å². The highest BCUT2D eigenvalue weighted by Gasteiger charge is 2.36. The van der Waals surface area contributed by atoms with Gasteiger partial charge in [0.05, 0.1) is 11.6 Å². The molecule has 1 fully saturated rings. The summed E-state index contributed by atoms with van der Waals surface area (Å²) in [6.45, 7) is 1.27. The molecule has 3 amide bonds. The molecule has 3 aromatic rings. The van der Waals surface area contributed by atoms with E-state index in [9.17, 15) is 14.0 Å². The van der Waals surface area contributed by atoms with Gasteiger partial charge in [-0.1, -0.05) is 72.8 Å². The van der Waals surface area contributed by atoms with E-state index in [1.54, 1.807) is 29.0 Å². The Kier molecular flexibility index (Phi) is 7.03. The average molecular weight is 446 g/mol. The number of carbonyl (C=O) groups is 2. The van der Waals surface area contributed by atoms with Crippen LogP contribution in [0.3, 0.4) is 0 Å². The summed E-state index contributed by atoms with van der Waals surface area (Å²) in [6.07, 6.45) is 0.658. The number of hydrogen-bond acceptors (Lipinski definition) is 2. The first-order chi connectivity index (χ1) is 16.0. The van der Waals surface area contributed by atoms with Crippen LogP contribution in [0.25, 0.3) is 0 Å². The molecule has 0 bridgehead atoms. The summed E-state index contributed by atoms with van der Waals surface area (Å²) < 4.78 is 14.1. The largest absolute Gasteiger partial charge is 0.341 e. The molecule has 2 atom stereocenters. The number of urea groups is 1. The van der Waals surface area contributed by atoms with Gasteiger partial charge in [-0.2, -0.15) is 0 Å². The number of nitrogens with one attached hydrogen (secondary N) is 1. The van der Waals surface area contributed by atoms with Crippen LogP contribution in [-0.4, -0.2) is 41.9 Å². The highest BCUT2D eigenvalue weighted by Crippen LogP contribution is 2.32. The highest BCUT2D eigenvalue weighted by molar-refractivity contribution is 5.90. The lowest BCUT2D eigenvalue weighted by atomic mass is 9.84. The maximum absolute atomic E-state index is 14.1. The molecule has 1 heterocycles. The zero-order chi connectivity index (χ0) is 23.2. The zero-order valence-electron chi connectivity index (χ0n) is 18.7. The van der Waals surface area contributed by atoms with Gasteiger partial charge in [-0.05, 0) is 29.7 Å². The minimum atomic E-state index is -0.488. The molecule has 0 radical (unpaired) electrons. The molecule has 0 saturated carbocycles. The van der Waals surface area contributed by atoms with Crippen molar-refractivity contribution in [3.05, 3.63) is 102 Å². The highest BCUT2D eigenvalue weighted by atomic mass is 19.1. The van der Waals surface area contributed by atoms with Gasteiger partial charge in [0.25, 0.3) is 0 Å². The number of carbonyl (C=O) groups excluding carboxylic acids is 2. The second kappa shape index (κ2) is 10.3. The summed E-state index contributed by atoms with van der Waals surface area (Å²) in [7, 11) is 1.80. The van der Waals surface area contributed by atoms with Crippen LogP contribution < -0.4 is 5.32 Å². The van der Waals surface area contributed by atoms with Crippen LogP contribution in [0.1, 0.15) is 23.5 Å². The standard InChI is InChI=1S/C27H28FN3O2/c1-30(17-20-10-4-2-5-11-20)26(32)23-16-22(21-12-6-3-7-13-21)18-31(19-23)27(33)29-25-15-9-8-14-24(25)28/h2-15,22-23H,16-19H2,1H3,(H,29,33). The van der Waals surface area contributed by atoms with Crippen molar-refractivity contribution in [3.8, 4) is 0 Å². The van der Waals surface area contributed by atoms with E-state index in [1.807, 2.05) is 60.7 Å². The first-order valence-electron chi connectivity index (χ1n) is 11.2. The lowest BCUT2D eigenvalue weighted by Gasteiger charge is -2.38. The molecule has 0 aromatic heterocycles. The van der Waals surface area contributed by atoms with Gasteiger partial charge in [0, 0.05) is 32.6 Å². The molecule has 0 aliphatic carbocycles. The summed E-state index contributed by atoms with van der Waals surface area (Å²) in [5, 5.41) is 2.67. The molecule has 1 aliphatic heterocycles. The van der Waals surface area contributed by atoms with E-state index in [0.29, 0.717) is 26.1 Å². The molecule has 0 spiro atoms. The Balaban J connectivity index is 1.52. The second-order valence-corrected chi connectivity index (χ2v) is 8.54. The quantitative estimate of drug-likeness (QED) is 0.593. The van der Waals surface area contributed by atoms with Gasteiger partial charge in [0.2, 0.25) is 5.91 Å². The molecule has 4 rings (SSSR count). The molecule has 5 nitrogen and oxygen atoms in total. The van der Waals surface area contributed by atoms with Crippen molar-refractivity contribution < 1.29 is 14.0 Å². The molecule has 6 heteroatoms. The molecule has 170 valence electrons. The lowest BCUT2D eigenvalue weighted by molar-refractivity contribution is -0.136. The van der Waals surface area contributed by atoms with E-state index in [4.69, 9.17) is 0 Å². The first kappa shape index (κ1) is 22.5. The number of anilines is 1. The minimum absolute atomic E-state index is 0.00294. The molecule has 1 aliphatic rings. The predicted molar refractivity (Wildman–Crippen MR) is 127 cm³/mol. The maximum atomic E-state index is 14.1. The smallest absolute Gasteiger partial charge is 0.321 e. The topological polar surface area (TPSA) is 52.7 Å². The Hall–Kier alpha value is -3.67. The average Bonchev–Trinajstić information content (AvgIpc) is 2.85. The van der Waals surface area contributed by atoms with Gasteiger partial charge in [-0.3, -0.25) is 4.79 Å². The summed E-state index contributed by atoms with van der Waals surface area (Å²) in [5.41, 5.74) is 2.27. The number of amides is 3. The minimum Gasteiger partial charge on any atom is -0.341 e. The number of nitrogens with zero attached hydrogens (tertiary/aromatic N) is 2. The summed E-state index contributed by atoms with van der Waals surface area (Å²) >= 11 is 0.